The number of ether oxygens (including phenoxy) is 2. The van der Waals surface area contributed by atoms with E-state index in [9.17, 15) is 9.59 Å². The molecule has 0 aromatic heterocycles. The van der Waals surface area contributed by atoms with E-state index in [1.807, 2.05) is 12.1 Å². The van der Waals surface area contributed by atoms with E-state index >= 15 is 0 Å². The first kappa shape index (κ1) is 13.7. The molecule has 1 aliphatic carbocycles. The lowest BCUT2D eigenvalue weighted by atomic mass is 10.1. The molecule has 0 spiro atoms. The van der Waals surface area contributed by atoms with Gasteiger partial charge in [0.2, 0.25) is 0 Å². The third kappa shape index (κ3) is 2.66. The molecule has 0 saturated carbocycles. The van der Waals surface area contributed by atoms with Gasteiger partial charge in [0.15, 0.2) is 0 Å². The minimum absolute atomic E-state index is 0.0804. The molecule has 1 aromatic rings. The Morgan fingerprint density at radius 2 is 2.29 bits per heavy atom. The molecule has 21 heavy (non-hydrogen) atoms. The maximum atomic E-state index is 12.1. The fourth-order valence-electron chi connectivity index (χ4n) is 3.03. The van der Waals surface area contributed by atoms with Crippen LogP contribution in [0.2, 0.25) is 0 Å². The molecule has 1 fully saturated rings. The predicted octanol–water partition coefficient (Wildman–Crippen LogP) is 1.85. The average Bonchev–Trinajstić information content (AvgIpc) is 3.08. The molecule has 0 radical (unpaired) electrons. The number of carbonyl (C=O) groups excluding carboxylic acids is 2. The summed E-state index contributed by atoms with van der Waals surface area (Å²) in [6.07, 6.45) is 0.745. The third-order valence-corrected chi connectivity index (χ3v) is 4.04. The van der Waals surface area contributed by atoms with Crippen LogP contribution in [0.25, 0.3) is 0 Å². The number of nitrogens with zero attached hydrogens (tertiary/aromatic N) is 1. The number of aryl methyl sites for hydroxylation is 1. The van der Waals surface area contributed by atoms with Gasteiger partial charge in [0.05, 0.1) is 26.2 Å². The van der Waals surface area contributed by atoms with E-state index in [2.05, 4.69) is 22.2 Å². The third-order valence-electron chi connectivity index (χ3n) is 4.04. The Kier molecular flexibility index (Phi) is 3.68. The van der Waals surface area contributed by atoms with E-state index in [0.717, 1.165) is 12.8 Å². The zero-order chi connectivity index (χ0) is 14.8. The van der Waals surface area contributed by atoms with Crippen LogP contribution < -0.4 is 5.32 Å². The van der Waals surface area contributed by atoms with Crippen molar-refractivity contribution in [2.75, 3.05) is 20.2 Å². The summed E-state index contributed by atoms with van der Waals surface area (Å²) < 4.78 is 9.82. The number of hydrogen-bond donors (Lipinski definition) is 1. The summed E-state index contributed by atoms with van der Waals surface area (Å²) in [6, 6.07) is 8.27. The topological polar surface area (TPSA) is 67.9 Å². The number of alkyl carbamates (subject to hydrolysis) is 1. The van der Waals surface area contributed by atoms with Crippen LogP contribution >= 0.6 is 0 Å². The highest BCUT2D eigenvalue weighted by Gasteiger charge is 2.39. The molecule has 2 aliphatic rings. The highest BCUT2D eigenvalue weighted by Crippen LogP contribution is 2.37. The SMILES string of the molecule is COC(=O)NCC1CN(C2CCc3ccccc32)C(=O)O1. The largest absolute Gasteiger partial charge is 0.453 e. The van der Waals surface area contributed by atoms with Gasteiger partial charge < -0.3 is 14.8 Å². The molecule has 6 heteroatoms. The quantitative estimate of drug-likeness (QED) is 0.922. The van der Waals surface area contributed by atoms with Crippen LogP contribution in [-0.2, 0) is 15.9 Å². The van der Waals surface area contributed by atoms with Gasteiger partial charge in [0, 0.05) is 0 Å². The number of amides is 2. The minimum Gasteiger partial charge on any atom is -0.453 e. The first-order chi connectivity index (χ1) is 10.2. The fraction of sp³-hybridized carbons (Fsp3) is 0.467. The zero-order valence-corrected chi connectivity index (χ0v) is 11.9. The Bertz CT molecular complexity index is 560. The van der Waals surface area contributed by atoms with Gasteiger partial charge in [-0.05, 0) is 24.0 Å². The van der Waals surface area contributed by atoms with Crippen molar-refractivity contribution in [1.82, 2.24) is 10.2 Å². The van der Waals surface area contributed by atoms with Crippen LogP contribution in [0.15, 0.2) is 24.3 Å². The number of rotatable bonds is 3. The lowest BCUT2D eigenvalue weighted by Crippen LogP contribution is -2.35. The molecular weight excluding hydrogens is 272 g/mol. The van der Waals surface area contributed by atoms with Crippen molar-refractivity contribution in [2.45, 2.75) is 25.0 Å². The number of carbonyl (C=O) groups is 2. The van der Waals surface area contributed by atoms with E-state index in [0.29, 0.717) is 6.54 Å². The second-order valence-corrected chi connectivity index (χ2v) is 5.28. The van der Waals surface area contributed by atoms with Gasteiger partial charge in [-0.1, -0.05) is 24.3 Å². The number of cyclic esters (lactones) is 1. The molecule has 1 aromatic carbocycles. The summed E-state index contributed by atoms with van der Waals surface area (Å²) in [7, 11) is 1.30. The highest BCUT2D eigenvalue weighted by molar-refractivity contribution is 5.71. The standard InChI is InChI=1S/C15H18N2O4/c1-20-14(18)16-8-11-9-17(15(19)21-11)13-7-6-10-4-2-3-5-12(10)13/h2-5,11,13H,6-9H2,1H3,(H,16,18). The average molecular weight is 290 g/mol. The normalized spacial score (nSPS) is 23.7. The van der Waals surface area contributed by atoms with Crippen molar-refractivity contribution in [1.29, 1.82) is 0 Å². The Balaban J connectivity index is 1.65. The monoisotopic (exact) mass is 290 g/mol. The molecule has 1 heterocycles. The van der Waals surface area contributed by atoms with Crippen molar-refractivity contribution >= 4 is 12.2 Å². The Labute approximate surface area is 123 Å². The van der Waals surface area contributed by atoms with Gasteiger partial charge in [-0.15, -0.1) is 0 Å². The highest BCUT2D eigenvalue weighted by atomic mass is 16.6. The maximum absolute atomic E-state index is 12.1. The van der Waals surface area contributed by atoms with Crippen molar-refractivity contribution in [3.63, 3.8) is 0 Å². The summed E-state index contributed by atoms with van der Waals surface area (Å²) in [4.78, 5) is 24.9. The molecule has 1 saturated heterocycles. The Morgan fingerprint density at radius 1 is 1.48 bits per heavy atom. The number of hydrogen-bond acceptors (Lipinski definition) is 4. The van der Waals surface area contributed by atoms with Gasteiger partial charge in [-0.25, -0.2) is 9.59 Å². The van der Waals surface area contributed by atoms with E-state index < -0.39 is 6.09 Å². The predicted molar refractivity (Wildman–Crippen MR) is 74.9 cm³/mol. The second-order valence-electron chi connectivity index (χ2n) is 5.28. The van der Waals surface area contributed by atoms with Gasteiger partial charge >= 0.3 is 12.2 Å². The lowest BCUT2D eigenvalue weighted by molar-refractivity contribution is 0.123. The van der Waals surface area contributed by atoms with E-state index in [4.69, 9.17) is 4.74 Å². The van der Waals surface area contributed by atoms with E-state index in [-0.39, 0.29) is 24.8 Å². The van der Waals surface area contributed by atoms with Crippen LogP contribution in [0, 0.1) is 0 Å². The summed E-state index contributed by atoms with van der Waals surface area (Å²) >= 11 is 0. The number of fused-ring (bicyclic) bond motifs is 1. The molecule has 2 atom stereocenters. The number of nitrogens with one attached hydrogen (secondary N) is 1. The van der Waals surface area contributed by atoms with Crippen molar-refractivity contribution < 1.29 is 19.1 Å². The van der Waals surface area contributed by atoms with Crippen LogP contribution in [0.3, 0.4) is 0 Å². The molecule has 2 amide bonds. The first-order valence-electron chi connectivity index (χ1n) is 7.06. The van der Waals surface area contributed by atoms with E-state index in [1.165, 1.54) is 18.2 Å². The lowest BCUT2D eigenvalue weighted by Gasteiger charge is -2.22. The van der Waals surface area contributed by atoms with Gasteiger partial charge in [-0.3, -0.25) is 4.90 Å². The molecule has 0 bridgehead atoms. The molecule has 1 aliphatic heterocycles. The molecule has 6 nitrogen and oxygen atoms in total. The smallest absolute Gasteiger partial charge is 0.410 e. The van der Waals surface area contributed by atoms with Crippen LogP contribution in [0.4, 0.5) is 9.59 Å². The van der Waals surface area contributed by atoms with Gasteiger partial charge in [-0.2, -0.15) is 0 Å². The van der Waals surface area contributed by atoms with Crippen molar-refractivity contribution in [3.05, 3.63) is 35.4 Å². The Hall–Kier alpha value is -2.24. The van der Waals surface area contributed by atoms with Crippen LogP contribution in [0.5, 0.6) is 0 Å². The molecular formula is C15H18N2O4. The number of benzene rings is 1. The molecule has 2 unspecified atom stereocenters. The Morgan fingerprint density at radius 3 is 3.10 bits per heavy atom. The molecule has 112 valence electrons. The maximum Gasteiger partial charge on any atom is 0.410 e. The van der Waals surface area contributed by atoms with Gasteiger partial charge in [0.25, 0.3) is 0 Å². The zero-order valence-electron chi connectivity index (χ0n) is 11.9. The van der Waals surface area contributed by atoms with Crippen molar-refractivity contribution in [3.8, 4) is 0 Å². The van der Waals surface area contributed by atoms with Crippen LogP contribution in [0.1, 0.15) is 23.6 Å². The summed E-state index contributed by atoms with van der Waals surface area (Å²) in [5.41, 5.74) is 2.50. The first-order valence-corrected chi connectivity index (χ1v) is 7.06. The van der Waals surface area contributed by atoms with E-state index in [1.54, 1.807) is 4.90 Å². The minimum atomic E-state index is -0.518. The second kappa shape index (κ2) is 5.63. The van der Waals surface area contributed by atoms with Crippen molar-refractivity contribution in [2.24, 2.45) is 0 Å². The van der Waals surface area contributed by atoms with Gasteiger partial charge in [0.1, 0.15) is 6.10 Å². The number of methoxy groups -OCH3 is 1. The summed E-state index contributed by atoms with van der Waals surface area (Å²) in [5, 5.41) is 2.56. The van der Waals surface area contributed by atoms with Crippen LogP contribution in [-0.4, -0.2) is 43.4 Å². The molecule has 3 rings (SSSR count). The summed E-state index contributed by atoms with van der Waals surface area (Å²) in [5.74, 6) is 0. The molecule has 1 N–H and O–H groups in total. The summed E-state index contributed by atoms with van der Waals surface area (Å²) in [6.45, 7) is 0.755. The fourth-order valence-corrected chi connectivity index (χ4v) is 3.03.